The highest BCUT2D eigenvalue weighted by Gasteiger charge is 2.11. The number of thioether (sulfide) groups is 1. The SMILES string of the molecule is Clc1ccc(-c2cc(CSc3nnc(Cc4ccccc4)o3)on2)cc1. The number of benzene rings is 2. The fourth-order valence-corrected chi connectivity index (χ4v) is 3.19. The lowest BCUT2D eigenvalue weighted by molar-refractivity contribution is 0.395. The fraction of sp³-hybridized carbons (Fsp3) is 0.105. The zero-order valence-electron chi connectivity index (χ0n) is 13.6. The fourth-order valence-electron chi connectivity index (χ4n) is 2.41. The summed E-state index contributed by atoms with van der Waals surface area (Å²) in [6, 6.07) is 19.4. The predicted octanol–water partition coefficient (Wildman–Crippen LogP) is 5.26. The number of hydrogen-bond acceptors (Lipinski definition) is 6. The van der Waals surface area contributed by atoms with Crippen LogP contribution in [0.5, 0.6) is 0 Å². The number of nitrogens with zero attached hydrogens (tertiary/aromatic N) is 3. The summed E-state index contributed by atoms with van der Waals surface area (Å²) in [5.41, 5.74) is 2.86. The lowest BCUT2D eigenvalue weighted by Gasteiger charge is -1.95. The summed E-state index contributed by atoms with van der Waals surface area (Å²) in [5, 5.41) is 13.5. The molecule has 0 atom stereocenters. The van der Waals surface area contributed by atoms with E-state index >= 15 is 0 Å². The number of rotatable bonds is 6. The Bertz CT molecular complexity index is 983. The first kappa shape index (κ1) is 16.9. The first-order valence-corrected chi connectivity index (χ1v) is 9.33. The van der Waals surface area contributed by atoms with E-state index in [9.17, 15) is 0 Å². The van der Waals surface area contributed by atoms with Crippen LogP contribution in [0.2, 0.25) is 5.02 Å². The van der Waals surface area contributed by atoms with Crippen molar-refractivity contribution in [3.8, 4) is 11.3 Å². The molecule has 2 aromatic heterocycles. The van der Waals surface area contributed by atoms with Gasteiger partial charge in [0.15, 0.2) is 0 Å². The summed E-state index contributed by atoms with van der Waals surface area (Å²) >= 11 is 7.33. The van der Waals surface area contributed by atoms with Crippen LogP contribution in [0.1, 0.15) is 17.2 Å². The number of hydrogen-bond donors (Lipinski definition) is 0. The van der Waals surface area contributed by atoms with Gasteiger partial charge < -0.3 is 8.94 Å². The summed E-state index contributed by atoms with van der Waals surface area (Å²) in [4.78, 5) is 0. The monoisotopic (exact) mass is 383 g/mol. The van der Waals surface area contributed by atoms with Crippen molar-refractivity contribution in [3.63, 3.8) is 0 Å². The van der Waals surface area contributed by atoms with E-state index in [1.54, 1.807) is 0 Å². The van der Waals surface area contributed by atoms with Gasteiger partial charge in [-0.25, -0.2) is 0 Å². The molecule has 0 fully saturated rings. The molecule has 0 radical (unpaired) electrons. The van der Waals surface area contributed by atoms with Crippen molar-refractivity contribution in [2.24, 2.45) is 0 Å². The largest absolute Gasteiger partial charge is 0.416 e. The summed E-state index contributed by atoms with van der Waals surface area (Å²) in [6.45, 7) is 0. The minimum absolute atomic E-state index is 0.514. The van der Waals surface area contributed by atoms with Crippen LogP contribution in [0.3, 0.4) is 0 Å². The van der Waals surface area contributed by atoms with Crippen LogP contribution in [0, 0.1) is 0 Å². The summed E-state index contributed by atoms with van der Waals surface area (Å²) in [5.74, 6) is 1.90. The van der Waals surface area contributed by atoms with Crippen molar-refractivity contribution in [1.82, 2.24) is 15.4 Å². The Morgan fingerprint density at radius 1 is 0.962 bits per heavy atom. The lowest BCUT2D eigenvalue weighted by Crippen LogP contribution is -1.87. The van der Waals surface area contributed by atoms with Crippen molar-refractivity contribution in [1.29, 1.82) is 0 Å². The Morgan fingerprint density at radius 3 is 2.58 bits per heavy atom. The molecule has 5 nitrogen and oxygen atoms in total. The van der Waals surface area contributed by atoms with Crippen LogP contribution in [0.25, 0.3) is 11.3 Å². The molecule has 0 saturated heterocycles. The maximum absolute atomic E-state index is 5.90. The Kier molecular flexibility index (Phi) is 5.04. The molecule has 0 aliphatic heterocycles. The molecule has 2 heterocycles. The maximum Gasteiger partial charge on any atom is 0.277 e. The van der Waals surface area contributed by atoms with Gasteiger partial charge in [0.25, 0.3) is 5.22 Å². The minimum Gasteiger partial charge on any atom is -0.416 e. The smallest absolute Gasteiger partial charge is 0.277 e. The summed E-state index contributed by atoms with van der Waals surface area (Å²) < 4.78 is 11.1. The van der Waals surface area contributed by atoms with E-state index in [2.05, 4.69) is 15.4 Å². The molecule has 0 aliphatic rings. The quantitative estimate of drug-likeness (QED) is 0.423. The molecule has 130 valence electrons. The minimum atomic E-state index is 0.514. The predicted molar refractivity (Wildman–Crippen MR) is 100 cm³/mol. The summed E-state index contributed by atoms with van der Waals surface area (Å²) in [6.07, 6.45) is 0.622. The van der Waals surface area contributed by atoms with E-state index in [0.717, 1.165) is 22.6 Å². The van der Waals surface area contributed by atoms with Gasteiger partial charge in [-0.15, -0.1) is 10.2 Å². The second-order valence-corrected chi connectivity index (χ2v) is 6.96. The van der Waals surface area contributed by atoms with Crippen molar-refractivity contribution in [2.75, 3.05) is 0 Å². The second-order valence-electron chi connectivity index (χ2n) is 5.60. The van der Waals surface area contributed by atoms with Crippen LogP contribution < -0.4 is 0 Å². The highest BCUT2D eigenvalue weighted by molar-refractivity contribution is 7.98. The van der Waals surface area contributed by atoms with E-state index in [4.69, 9.17) is 20.5 Å². The van der Waals surface area contributed by atoms with Gasteiger partial charge in [0.05, 0.1) is 12.2 Å². The molecular formula is C19H14ClN3O2S. The van der Waals surface area contributed by atoms with Gasteiger partial charge in [-0.3, -0.25) is 0 Å². The molecule has 0 bridgehead atoms. The molecule has 0 amide bonds. The van der Waals surface area contributed by atoms with Crippen LogP contribution in [0.4, 0.5) is 0 Å². The van der Waals surface area contributed by atoms with Gasteiger partial charge in [-0.1, -0.05) is 71.0 Å². The molecule has 0 unspecified atom stereocenters. The van der Waals surface area contributed by atoms with Crippen LogP contribution in [-0.4, -0.2) is 15.4 Å². The molecule has 2 aromatic carbocycles. The molecule has 4 rings (SSSR count). The molecule has 0 N–H and O–H groups in total. The zero-order chi connectivity index (χ0) is 17.8. The van der Waals surface area contributed by atoms with Gasteiger partial charge in [0, 0.05) is 16.7 Å². The zero-order valence-corrected chi connectivity index (χ0v) is 15.2. The third kappa shape index (κ3) is 4.15. The first-order valence-electron chi connectivity index (χ1n) is 7.97. The van der Waals surface area contributed by atoms with E-state index in [1.807, 2.05) is 60.7 Å². The molecule has 0 aliphatic carbocycles. The average molecular weight is 384 g/mol. The van der Waals surface area contributed by atoms with E-state index in [1.165, 1.54) is 11.8 Å². The second kappa shape index (κ2) is 7.76. The van der Waals surface area contributed by atoms with Crippen LogP contribution >= 0.6 is 23.4 Å². The Hall–Kier alpha value is -2.57. The third-order valence-electron chi connectivity index (χ3n) is 3.68. The van der Waals surface area contributed by atoms with Crippen molar-refractivity contribution in [2.45, 2.75) is 17.4 Å². The van der Waals surface area contributed by atoms with E-state index < -0.39 is 0 Å². The van der Waals surface area contributed by atoms with Gasteiger partial charge in [-0.2, -0.15) is 0 Å². The Labute approximate surface area is 159 Å². The first-order chi connectivity index (χ1) is 12.8. The average Bonchev–Trinajstić information content (AvgIpc) is 3.31. The molecule has 4 aromatic rings. The van der Waals surface area contributed by atoms with Crippen molar-refractivity contribution >= 4 is 23.4 Å². The molecule has 26 heavy (non-hydrogen) atoms. The normalized spacial score (nSPS) is 11.0. The van der Waals surface area contributed by atoms with Gasteiger partial charge in [0.1, 0.15) is 11.5 Å². The Morgan fingerprint density at radius 2 is 1.77 bits per heavy atom. The van der Waals surface area contributed by atoms with Gasteiger partial charge >= 0.3 is 0 Å². The third-order valence-corrected chi connectivity index (χ3v) is 4.78. The topological polar surface area (TPSA) is 65.0 Å². The van der Waals surface area contributed by atoms with Crippen molar-refractivity contribution in [3.05, 3.63) is 82.9 Å². The van der Waals surface area contributed by atoms with Crippen LogP contribution in [0.15, 0.2) is 74.8 Å². The standard InChI is InChI=1S/C19H14ClN3O2S/c20-15-8-6-14(7-9-15)17-11-16(25-23-17)12-26-19-22-21-18(24-19)10-13-4-2-1-3-5-13/h1-9,11H,10,12H2. The Balaban J connectivity index is 1.37. The molecule has 0 spiro atoms. The number of halogens is 1. The molecule has 0 saturated carbocycles. The highest BCUT2D eigenvalue weighted by Crippen LogP contribution is 2.26. The van der Waals surface area contributed by atoms with Gasteiger partial charge in [-0.05, 0) is 17.7 Å². The van der Waals surface area contributed by atoms with E-state index in [0.29, 0.717) is 28.3 Å². The van der Waals surface area contributed by atoms with Crippen molar-refractivity contribution < 1.29 is 8.94 Å². The maximum atomic E-state index is 5.90. The van der Waals surface area contributed by atoms with Gasteiger partial charge in [0.2, 0.25) is 5.89 Å². The number of aromatic nitrogens is 3. The molecular weight excluding hydrogens is 370 g/mol. The highest BCUT2D eigenvalue weighted by atomic mass is 35.5. The van der Waals surface area contributed by atoms with Crippen LogP contribution in [-0.2, 0) is 12.2 Å². The lowest BCUT2D eigenvalue weighted by atomic mass is 10.1. The van der Waals surface area contributed by atoms with E-state index in [-0.39, 0.29) is 0 Å². The summed E-state index contributed by atoms with van der Waals surface area (Å²) in [7, 11) is 0. The molecule has 7 heteroatoms.